The average Bonchev–Trinajstić information content (AvgIpc) is 2.64. The van der Waals surface area contributed by atoms with Crippen LogP contribution in [0.5, 0.6) is 0 Å². The van der Waals surface area contributed by atoms with Crippen molar-refractivity contribution >= 4 is 17.5 Å². The highest BCUT2D eigenvalue weighted by atomic mass is 16.2. The van der Waals surface area contributed by atoms with Gasteiger partial charge in [0.1, 0.15) is 6.04 Å². The summed E-state index contributed by atoms with van der Waals surface area (Å²) in [6.07, 6.45) is 4.56. The van der Waals surface area contributed by atoms with E-state index in [-0.39, 0.29) is 17.2 Å². The lowest BCUT2D eigenvalue weighted by molar-refractivity contribution is -0.126. The topological polar surface area (TPSA) is 62.3 Å². The number of nitrogens with one attached hydrogen (secondary N) is 1. The minimum absolute atomic E-state index is 0.0191. The number of carbonyl (C=O) groups excluding carboxylic acids is 2. The number of pyridine rings is 1. The number of carbonyl (C=O) groups is 2. The predicted octanol–water partition coefficient (Wildman–Crippen LogP) is 4.86. The Morgan fingerprint density at radius 2 is 1.67 bits per heavy atom. The van der Waals surface area contributed by atoms with Crippen molar-refractivity contribution in [1.82, 2.24) is 10.3 Å². The number of nitrogens with zero attached hydrogens (tertiary/aromatic N) is 2. The summed E-state index contributed by atoms with van der Waals surface area (Å²) in [6, 6.07) is 8.72. The maximum Gasteiger partial charge on any atom is 0.251 e. The van der Waals surface area contributed by atoms with Crippen molar-refractivity contribution in [3.05, 3.63) is 72.1 Å². The molecular weight excluding hydrogens is 374 g/mol. The number of hydrogen-bond acceptors (Lipinski definition) is 3. The van der Waals surface area contributed by atoms with Crippen LogP contribution < -0.4 is 10.2 Å². The van der Waals surface area contributed by atoms with Crippen molar-refractivity contribution in [1.29, 1.82) is 0 Å². The van der Waals surface area contributed by atoms with Crippen LogP contribution in [-0.4, -0.2) is 22.3 Å². The fourth-order valence-corrected chi connectivity index (χ4v) is 3.22. The van der Waals surface area contributed by atoms with Crippen molar-refractivity contribution in [3.8, 4) is 0 Å². The zero-order valence-corrected chi connectivity index (χ0v) is 19.1. The Kier molecular flexibility index (Phi) is 6.86. The number of anilines is 1. The molecule has 30 heavy (non-hydrogen) atoms. The summed E-state index contributed by atoms with van der Waals surface area (Å²) >= 11 is 0. The Morgan fingerprint density at radius 1 is 1.07 bits per heavy atom. The molecule has 0 saturated carbocycles. The van der Waals surface area contributed by atoms with E-state index >= 15 is 0 Å². The molecule has 1 N–H and O–H groups in total. The van der Waals surface area contributed by atoms with Crippen LogP contribution >= 0.6 is 0 Å². The molecular formula is C25H33N3O2. The predicted molar refractivity (Wildman–Crippen MR) is 122 cm³/mol. The van der Waals surface area contributed by atoms with Gasteiger partial charge in [0.15, 0.2) is 0 Å². The monoisotopic (exact) mass is 407 g/mol. The van der Waals surface area contributed by atoms with E-state index in [1.54, 1.807) is 12.4 Å². The lowest BCUT2D eigenvalue weighted by Gasteiger charge is -2.34. The first kappa shape index (κ1) is 23.3. The van der Waals surface area contributed by atoms with E-state index in [0.29, 0.717) is 11.3 Å². The molecule has 2 aromatic rings. The largest absolute Gasteiger partial charge is 0.349 e. The second-order valence-electron chi connectivity index (χ2n) is 9.58. The van der Waals surface area contributed by atoms with Gasteiger partial charge in [0.2, 0.25) is 5.91 Å². The molecule has 0 aliphatic rings. The molecule has 0 fully saturated rings. The number of hydrogen-bond donors (Lipinski definition) is 1. The maximum absolute atomic E-state index is 13.4. The van der Waals surface area contributed by atoms with Crippen LogP contribution in [0.2, 0.25) is 0 Å². The molecule has 1 atom stereocenters. The van der Waals surface area contributed by atoms with E-state index in [1.165, 1.54) is 11.0 Å². The highest BCUT2D eigenvalue weighted by molar-refractivity contribution is 6.06. The van der Waals surface area contributed by atoms with Gasteiger partial charge in [0.05, 0.1) is 0 Å². The van der Waals surface area contributed by atoms with Crippen LogP contribution in [0.3, 0.4) is 0 Å². The first-order valence-electron chi connectivity index (χ1n) is 10.1. The zero-order valence-electron chi connectivity index (χ0n) is 19.1. The number of benzene rings is 1. The van der Waals surface area contributed by atoms with E-state index < -0.39 is 11.6 Å². The molecule has 1 unspecified atom stereocenters. The molecule has 5 nitrogen and oxygen atoms in total. The highest BCUT2D eigenvalue weighted by Gasteiger charge is 2.34. The summed E-state index contributed by atoms with van der Waals surface area (Å²) in [5.41, 5.74) is 2.86. The van der Waals surface area contributed by atoms with E-state index in [1.807, 2.05) is 58.0 Å². The fraction of sp³-hybridized carbons (Fsp3) is 0.400. The molecule has 0 bridgehead atoms. The van der Waals surface area contributed by atoms with Crippen molar-refractivity contribution < 1.29 is 9.59 Å². The fourth-order valence-electron chi connectivity index (χ4n) is 3.22. The lowest BCUT2D eigenvalue weighted by atomic mass is 9.87. The molecule has 0 aliphatic heterocycles. The van der Waals surface area contributed by atoms with Gasteiger partial charge < -0.3 is 5.32 Å². The Labute approximate surface area is 180 Å². The second kappa shape index (κ2) is 8.82. The number of aryl methyl sites for hydroxylation is 1. The Hall–Kier alpha value is -2.95. The number of rotatable bonds is 5. The van der Waals surface area contributed by atoms with Crippen LogP contribution in [0, 0.1) is 6.92 Å². The molecule has 160 valence electrons. The molecule has 2 rings (SSSR count). The zero-order chi connectivity index (χ0) is 22.7. The molecule has 5 heteroatoms. The first-order chi connectivity index (χ1) is 13.8. The molecule has 0 spiro atoms. The molecule has 0 aliphatic carbocycles. The van der Waals surface area contributed by atoms with E-state index in [4.69, 9.17) is 0 Å². The third kappa shape index (κ3) is 5.56. The maximum atomic E-state index is 13.4. The van der Waals surface area contributed by atoms with Crippen LogP contribution in [0.25, 0.3) is 0 Å². The van der Waals surface area contributed by atoms with Gasteiger partial charge in [0.25, 0.3) is 5.91 Å². The SMILES string of the molecule is C=CC(=O)N(c1ccc(C(C)(C)C)cc1)C(C(=O)NC(C)(C)C)c1cnccc1C. The van der Waals surface area contributed by atoms with Gasteiger partial charge in [0, 0.05) is 29.2 Å². The van der Waals surface area contributed by atoms with Crippen LogP contribution in [-0.2, 0) is 15.0 Å². The normalized spacial score (nSPS) is 12.8. The van der Waals surface area contributed by atoms with Gasteiger partial charge in [-0.15, -0.1) is 0 Å². The summed E-state index contributed by atoms with van der Waals surface area (Å²) in [5, 5.41) is 3.01. The first-order valence-corrected chi connectivity index (χ1v) is 10.1. The van der Waals surface area contributed by atoms with Gasteiger partial charge in [-0.2, -0.15) is 0 Å². The minimum Gasteiger partial charge on any atom is -0.349 e. The Balaban J connectivity index is 2.65. The lowest BCUT2D eigenvalue weighted by Crippen LogP contribution is -2.49. The van der Waals surface area contributed by atoms with Crippen LogP contribution in [0.1, 0.15) is 64.3 Å². The molecule has 1 aromatic heterocycles. The van der Waals surface area contributed by atoms with Gasteiger partial charge >= 0.3 is 0 Å². The third-order valence-electron chi connectivity index (χ3n) is 4.80. The Morgan fingerprint density at radius 3 is 2.13 bits per heavy atom. The standard InChI is InChI=1S/C25H33N3O2/c1-9-21(29)28(19-12-10-18(11-13-19)24(3,4)5)22(23(30)27-25(6,7)8)20-16-26-15-14-17(20)2/h9-16,22H,1H2,2-8H3,(H,27,30). The van der Waals surface area contributed by atoms with Crippen molar-refractivity contribution in [2.75, 3.05) is 4.90 Å². The van der Waals surface area contributed by atoms with E-state index in [2.05, 4.69) is 37.7 Å². The van der Waals surface area contributed by atoms with Gasteiger partial charge in [-0.3, -0.25) is 19.5 Å². The molecule has 0 saturated heterocycles. The molecule has 1 aromatic carbocycles. The summed E-state index contributed by atoms with van der Waals surface area (Å²) in [4.78, 5) is 32.1. The smallest absolute Gasteiger partial charge is 0.251 e. The molecule has 0 radical (unpaired) electrons. The van der Waals surface area contributed by atoms with Gasteiger partial charge in [-0.1, -0.05) is 39.5 Å². The van der Waals surface area contributed by atoms with Gasteiger partial charge in [-0.05, 0) is 68.5 Å². The van der Waals surface area contributed by atoms with Crippen molar-refractivity contribution in [2.45, 2.75) is 65.5 Å². The van der Waals surface area contributed by atoms with Gasteiger partial charge in [-0.25, -0.2) is 0 Å². The average molecular weight is 408 g/mol. The van der Waals surface area contributed by atoms with E-state index in [9.17, 15) is 9.59 Å². The van der Waals surface area contributed by atoms with Crippen LogP contribution in [0.15, 0.2) is 55.4 Å². The summed E-state index contributed by atoms with van der Waals surface area (Å²) in [7, 11) is 0. The second-order valence-corrected chi connectivity index (χ2v) is 9.58. The quantitative estimate of drug-likeness (QED) is 0.720. The summed E-state index contributed by atoms with van der Waals surface area (Å²) in [6.45, 7) is 17.7. The summed E-state index contributed by atoms with van der Waals surface area (Å²) < 4.78 is 0. The van der Waals surface area contributed by atoms with E-state index in [0.717, 1.165) is 11.1 Å². The Bertz CT molecular complexity index is 919. The number of amides is 2. The minimum atomic E-state index is -0.871. The van der Waals surface area contributed by atoms with Crippen LogP contribution in [0.4, 0.5) is 5.69 Å². The van der Waals surface area contributed by atoms with Crippen molar-refractivity contribution in [2.24, 2.45) is 0 Å². The molecule has 2 amide bonds. The summed E-state index contributed by atoms with van der Waals surface area (Å²) in [5.74, 6) is -0.621. The highest BCUT2D eigenvalue weighted by Crippen LogP contribution is 2.32. The number of aromatic nitrogens is 1. The van der Waals surface area contributed by atoms with Crippen molar-refractivity contribution in [3.63, 3.8) is 0 Å². The molecule has 1 heterocycles. The third-order valence-corrected chi connectivity index (χ3v) is 4.80.